The van der Waals surface area contributed by atoms with Crippen LogP contribution in [-0.4, -0.2) is 24.3 Å². The fourth-order valence-electron chi connectivity index (χ4n) is 2.58. The number of phenols is 1. The molecule has 3 aromatic carbocycles. The molecule has 29 heavy (non-hydrogen) atoms. The van der Waals surface area contributed by atoms with Gasteiger partial charge in [0.15, 0.2) is 11.5 Å². The molecule has 0 aliphatic rings. The molecule has 3 aromatic rings. The summed E-state index contributed by atoms with van der Waals surface area (Å²) in [5, 5.41) is 14.6. The molecule has 0 spiro atoms. The van der Waals surface area contributed by atoms with Crippen LogP contribution in [0.5, 0.6) is 17.2 Å². The second-order valence-electron chi connectivity index (χ2n) is 5.97. The van der Waals surface area contributed by atoms with E-state index in [4.69, 9.17) is 21.1 Å². The molecule has 0 heterocycles. The number of halogens is 1. The molecule has 0 fully saturated rings. The second kappa shape index (κ2) is 9.61. The van der Waals surface area contributed by atoms with E-state index in [0.29, 0.717) is 27.6 Å². The summed E-state index contributed by atoms with van der Waals surface area (Å²) < 4.78 is 10.8. The van der Waals surface area contributed by atoms with E-state index in [1.807, 2.05) is 18.2 Å². The lowest BCUT2D eigenvalue weighted by atomic mass is 10.2. The fourth-order valence-corrected chi connectivity index (χ4v) is 2.77. The molecule has 0 aliphatic carbocycles. The Balaban J connectivity index is 1.69. The first kappa shape index (κ1) is 20.2. The summed E-state index contributed by atoms with van der Waals surface area (Å²) in [5.74, 6) is 0.220. The van der Waals surface area contributed by atoms with E-state index in [0.717, 1.165) is 5.56 Å². The van der Waals surface area contributed by atoms with Crippen LogP contribution in [0.1, 0.15) is 21.5 Å². The predicted octanol–water partition coefficient (Wildman–Crippen LogP) is 4.40. The van der Waals surface area contributed by atoms with Gasteiger partial charge in [0, 0.05) is 16.1 Å². The molecule has 0 unspecified atom stereocenters. The Hall–Kier alpha value is -3.51. The number of carbonyl (C=O) groups excluding carboxylic acids is 1. The third-order valence-corrected chi connectivity index (χ3v) is 4.46. The standard InChI is InChI=1S/C22H19ClN2O4/c1-28-20-12-6-8-15(21(20)26)13-24-25-22(27)17-9-3-5-11-19(17)29-14-16-7-2-4-10-18(16)23/h2-13,26H,14H2,1H3,(H,25,27)/b24-13+. The van der Waals surface area contributed by atoms with Crippen molar-refractivity contribution >= 4 is 23.7 Å². The van der Waals surface area contributed by atoms with E-state index in [1.54, 1.807) is 48.5 Å². The van der Waals surface area contributed by atoms with Gasteiger partial charge in [-0.3, -0.25) is 4.79 Å². The number of hydrazone groups is 1. The van der Waals surface area contributed by atoms with E-state index in [9.17, 15) is 9.90 Å². The number of carbonyl (C=O) groups is 1. The Morgan fingerprint density at radius 3 is 2.59 bits per heavy atom. The molecule has 7 heteroatoms. The lowest BCUT2D eigenvalue weighted by Crippen LogP contribution is -2.18. The number of hydrogen-bond acceptors (Lipinski definition) is 5. The van der Waals surface area contributed by atoms with Crippen LogP contribution < -0.4 is 14.9 Å². The molecule has 3 rings (SSSR count). The summed E-state index contributed by atoms with van der Waals surface area (Å²) in [4.78, 5) is 12.5. The van der Waals surface area contributed by atoms with Gasteiger partial charge in [0.05, 0.1) is 18.9 Å². The first-order valence-electron chi connectivity index (χ1n) is 8.74. The second-order valence-corrected chi connectivity index (χ2v) is 6.38. The third-order valence-electron chi connectivity index (χ3n) is 4.09. The molecule has 0 saturated carbocycles. The van der Waals surface area contributed by atoms with Crippen molar-refractivity contribution in [3.05, 3.63) is 88.4 Å². The van der Waals surface area contributed by atoms with E-state index in [1.165, 1.54) is 13.3 Å². The molecule has 0 aromatic heterocycles. The third kappa shape index (κ3) is 5.06. The number of benzene rings is 3. The summed E-state index contributed by atoms with van der Waals surface area (Å²) in [6, 6.07) is 19.2. The van der Waals surface area contributed by atoms with Crippen molar-refractivity contribution in [1.82, 2.24) is 5.43 Å². The molecule has 0 saturated heterocycles. The largest absolute Gasteiger partial charge is 0.504 e. The lowest BCUT2D eigenvalue weighted by Gasteiger charge is -2.11. The highest BCUT2D eigenvalue weighted by atomic mass is 35.5. The molecule has 0 atom stereocenters. The van der Waals surface area contributed by atoms with Crippen molar-refractivity contribution in [3.63, 3.8) is 0 Å². The lowest BCUT2D eigenvalue weighted by molar-refractivity contribution is 0.0950. The zero-order valence-corrected chi connectivity index (χ0v) is 16.4. The van der Waals surface area contributed by atoms with Gasteiger partial charge in [-0.25, -0.2) is 5.43 Å². The molecule has 0 aliphatic heterocycles. The van der Waals surface area contributed by atoms with Crippen molar-refractivity contribution in [2.24, 2.45) is 5.10 Å². The Morgan fingerprint density at radius 1 is 1.07 bits per heavy atom. The number of hydrogen-bond donors (Lipinski definition) is 2. The Bertz CT molecular complexity index is 1040. The number of ether oxygens (including phenoxy) is 2. The van der Waals surface area contributed by atoms with E-state index >= 15 is 0 Å². The van der Waals surface area contributed by atoms with Crippen LogP contribution in [-0.2, 0) is 6.61 Å². The van der Waals surface area contributed by atoms with Crippen molar-refractivity contribution < 1.29 is 19.4 Å². The van der Waals surface area contributed by atoms with E-state index in [-0.39, 0.29) is 12.4 Å². The van der Waals surface area contributed by atoms with Gasteiger partial charge in [0.25, 0.3) is 5.91 Å². The summed E-state index contributed by atoms with van der Waals surface area (Å²) in [5.41, 5.74) is 3.99. The Labute approximate surface area is 173 Å². The zero-order valence-electron chi connectivity index (χ0n) is 15.6. The normalized spacial score (nSPS) is 10.7. The molecule has 0 radical (unpaired) electrons. The van der Waals surface area contributed by atoms with Crippen LogP contribution in [0.15, 0.2) is 71.8 Å². The first-order valence-corrected chi connectivity index (χ1v) is 9.12. The predicted molar refractivity (Wildman–Crippen MR) is 112 cm³/mol. The van der Waals surface area contributed by atoms with Crippen molar-refractivity contribution in [2.45, 2.75) is 6.61 Å². The summed E-state index contributed by atoms with van der Waals surface area (Å²) in [7, 11) is 1.46. The maximum Gasteiger partial charge on any atom is 0.275 e. The maximum atomic E-state index is 12.5. The van der Waals surface area contributed by atoms with Crippen LogP contribution in [0.25, 0.3) is 0 Å². The minimum Gasteiger partial charge on any atom is -0.504 e. The van der Waals surface area contributed by atoms with Crippen molar-refractivity contribution in [1.29, 1.82) is 0 Å². The van der Waals surface area contributed by atoms with Gasteiger partial charge in [-0.05, 0) is 30.3 Å². The van der Waals surface area contributed by atoms with Gasteiger partial charge in [-0.2, -0.15) is 5.10 Å². The average molecular weight is 411 g/mol. The van der Waals surface area contributed by atoms with Gasteiger partial charge >= 0.3 is 0 Å². The van der Waals surface area contributed by atoms with Crippen LogP contribution in [0.3, 0.4) is 0 Å². The first-order chi connectivity index (χ1) is 14.1. The van der Waals surface area contributed by atoms with Crippen molar-refractivity contribution in [2.75, 3.05) is 7.11 Å². The fraction of sp³-hybridized carbons (Fsp3) is 0.0909. The molecule has 0 bridgehead atoms. The van der Waals surface area contributed by atoms with Gasteiger partial charge < -0.3 is 14.6 Å². The topological polar surface area (TPSA) is 80.2 Å². The number of rotatable bonds is 7. The molecule has 6 nitrogen and oxygen atoms in total. The van der Waals surface area contributed by atoms with Crippen LogP contribution >= 0.6 is 11.6 Å². The number of nitrogens with one attached hydrogen (secondary N) is 1. The minimum atomic E-state index is -0.446. The molecule has 148 valence electrons. The molecule has 2 N–H and O–H groups in total. The maximum absolute atomic E-state index is 12.5. The Kier molecular flexibility index (Phi) is 6.71. The molecular weight excluding hydrogens is 392 g/mol. The highest BCUT2D eigenvalue weighted by molar-refractivity contribution is 6.31. The number of nitrogens with zero attached hydrogens (tertiary/aromatic N) is 1. The van der Waals surface area contributed by atoms with Crippen LogP contribution in [0.4, 0.5) is 0 Å². The van der Waals surface area contributed by atoms with Crippen molar-refractivity contribution in [3.8, 4) is 17.2 Å². The molecule has 1 amide bonds. The highest BCUT2D eigenvalue weighted by Gasteiger charge is 2.12. The number of aromatic hydroxyl groups is 1. The van der Waals surface area contributed by atoms with E-state index in [2.05, 4.69) is 10.5 Å². The summed E-state index contributed by atoms with van der Waals surface area (Å²) in [6.45, 7) is 0.227. The van der Waals surface area contributed by atoms with Gasteiger partial charge in [-0.15, -0.1) is 0 Å². The average Bonchev–Trinajstić information content (AvgIpc) is 2.74. The van der Waals surface area contributed by atoms with Gasteiger partial charge in [0.1, 0.15) is 12.4 Å². The smallest absolute Gasteiger partial charge is 0.275 e. The summed E-state index contributed by atoms with van der Waals surface area (Å²) in [6.07, 6.45) is 1.34. The summed E-state index contributed by atoms with van der Waals surface area (Å²) >= 11 is 6.15. The quantitative estimate of drug-likeness (QED) is 0.447. The molecular formula is C22H19ClN2O4. The number of para-hydroxylation sites is 2. The van der Waals surface area contributed by atoms with Crippen LogP contribution in [0.2, 0.25) is 5.02 Å². The van der Waals surface area contributed by atoms with E-state index < -0.39 is 5.91 Å². The number of amides is 1. The SMILES string of the molecule is COc1cccc(/C=N/NC(=O)c2ccccc2OCc2ccccc2Cl)c1O. The number of methoxy groups -OCH3 is 1. The van der Waals surface area contributed by atoms with Gasteiger partial charge in [-0.1, -0.05) is 48.0 Å². The zero-order chi connectivity index (χ0) is 20.6. The Morgan fingerprint density at radius 2 is 1.79 bits per heavy atom. The van der Waals surface area contributed by atoms with Gasteiger partial charge in [0.2, 0.25) is 0 Å². The monoisotopic (exact) mass is 410 g/mol. The number of phenolic OH excluding ortho intramolecular Hbond substituents is 1. The minimum absolute atomic E-state index is 0.0588. The highest BCUT2D eigenvalue weighted by Crippen LogP contribution is 2.28. The van der Waals surface area contributed by atoms with Crippen LogP contribution in [0, 0.1) is 0 Å².